The molecule has 2 aliphatic rings. The average Bonchev–Trinajstić information content (AvgIpc) is 2.91. The number of nitrogens with zero attached hydrogens (tertiary/aromatic N) is 2. The molecule has 1 aromatic heterocycles. The van der Waals surface area contributed by atoms with Crippen molar-refractivity contribution >= 4 is 28.9 Å². The van der Waals surface area contributed by atoms with Gasteiger partial charge in [-0.05, 0) is 30.3 Å². The minimum atomic E-state index is -4.85. The van der Waals surface area contributed by atoms with E-state index in [-0.39, 0.29) is 16.9 Å². The number of carbonyl (C=O) groups excluding carboxylic acids is 1. The molecule has 0 saturated carbocycles. The number of nitrogens with one attached hydrogen (secondary N) is 3. The summed E-state index contributed by atoms with van der Waals surface area (Å²) in [6.07, 6.45) is -3.54. The summed E-state index contributed by atoms with van der Waals surface area (Å²) < 4.78 is 60.4. The minimum Gasteiger partial charge on any atom is -0.593 e. The van der Waals surface area contributed by atoms with Gasteiger partial charge in [-0.15, -0.1) is 13.2 Å². The molecule has 3 heterocycles. The minimum absolute atomic E-state index is 0.0113. The van der Waals surface area contributed by atoms with Crippen molar-refractivity contribution in [3.05, 3.63) is 47.8 Å². The molecule has 2 unspecified atom stereocenters. The largest absolute Gasteiger partial charge is 0.593 e. The Morgan fingerprint density at radius 2 is 2.19 bits per heavy atom. The van der Waals surface area contributed by atoms with Crippen LogP contribution in [0.3, 0.4) is 0 Å². The van der Waals surface area contributed by atoms with Gasteiger partial charge in [-0.3, -0.25) is 10.2 Å². The smallest absolute Gasteiger partial charge is 0.573 e. The fraction of sp³-hybridized carbons (Fsp3) is 0.316. The van der Waals surface area contributed by atoms with Crippen LogP contribution in [0.25, 0.3) is 0 Å². The highest BCUT2D eigenvalue weighted by molar-refractivity contribution is 7.90. The highest BCUT2D eigenvalue weighted by Gasteiger charge is 2.45. The summed E-state index contributed by atoms with van der Waals surface area (Å²) in [7, 11) is 1.57. The van der Waals surface area contributed by atoms with E-state index in [1.807, 2.05) is 0 Å². The lowest BCUT2D eigenvalue weighted by atomic mass is 10.0. The first-order chi connectivity index (χ1) is 15.1. The number of hydrogen-bond donors (Lipinski definition) is 3. The van der Waals surface area contributed by atoms with Crippen molar-refractivity contribution in [2.24, 2.45) is 0 Å². The van der Waals surface area contributed by atoms with E-state index in [0.717, 1.165) is 18.3 Å². The quantitative estimate of drug-likeness (QED) is 0.591. The molecule has 9 nitrogen and oxygen atoms in total. The van der Waals surface area contributed by atoms with Gasteiger partial charge < -0.3 is 24.7 Å². The number of halogens is 3. The molecular formula is C19H18F3N5O4S. The monoisotopic (exact) mass is 469 g/mol. The summed E-state index contributed by atoms with van der Waals surface area (Å²) in [5, 5.41) is 13.4. The van der Waals surface area contributed by atoms with Gasteiger partial charge in [0.25, 0.3) is 5.91 Å². The van der Waals surface area contributed by atoms with Crippen LogP contribution in [0.4, 0.5) is 18.9 Å². The molecule has 0 radical (unpaired) electrons. The lowest BCUT2D eigenvalue weighted by molar-refractivity contribution is -0.274. The molecule has 0 aliphatic carbocycles. The van der Waals surface area contributed by atoms with E-state index in [2.05, 4.69) is 20.4 Å². The predicted molar refractivity (Wildman–Crippen MR) is 109 cm³/mol. The number of anilines is 1. The molecule has 4 rings (SSSR count). The van der Waals surface area contributed by atoms with E-state index in [4.69, 9.17) is 10.1 Å². The van der Waals surface area contributed by atoms with Crippen molar-refractivity contribution in [3.63, 3.8) is 0 Å². The summed E-state index contributed by atoms with van der Waals surface area (Å²) in [4.78, 5) is 16.2. The van der Waals surface area contributed by atoms with Gasteiger partial charge in [-0.1, -0.05) is 0 Å². The summed E-state index contributed by atoms with van der Waals surface area (Å²) in [6, 6.07) is 6.57. The third kappa shape index (κ3) is 4.53. The second-order valence-corrected chi connectivity index (χ2v) is 8.76. The van der Waals surface area contributed by atoms with Gasteiger partial charge >= 0.3 is 6.36 Å². The Balaban J connectivity index is 1.54. The SMILES string of the molecule is CN1C(=N)N[C@@H]2c3cc(NC(=O)c4ccc(OC(F)(F)F)cn4)ccc3OCCC2[S+]1[O-]. The molecule has 1 amide bonds. The van der Waals surface area contributed by atoms with Gasteiger partial charge in [-0.25, -0.2) is 4.98 Å². The summed E-state index contributed by atoms with van der Waals surface area (Å²) in [6.45, 7) is 0.352. The predicted octanol–water partition coefficient (Wildman–Crippen LogP) is 2.56. The summed E-state index contributed by atoms with van der Waals surface area (Å²) >= 11 is -1.43. The Bertz CT molecular complexity index is 1040. The first-order valence-electron chi connectivity index (χ1n) is 9.42. The van der Waals surface area contributed by atoms with E-state index in [1.165, 1.54) is 4.31 Å². The molecule has 13 heteroatoms. The molecule has 1 fully saturated rings. The van der Waals surface area contributed by atoms with Crippen LogP contribution < -0.4 is 20.1 Å². The number of guanidine groups is 1. The highest BCUT2D eigenvalue weighted by atomic mass is 32.2. The van der Waals surface area contributed by atoms with E-state index in [1.54, 1.807) is 25.2 Å². The Labute approximate surface area is 183 Å². The number of fused-ring (bicyclic) bond motifs is 3. The van der Waals surface area contributed by atoms with Gasteiger partial charge in [0.1, 0.15) is 23.2 Å². The number of benzene rings is 1. The second kappa shape index (κ2) is 8.39. The Morgan fingerprint density at radius 3 is 2.88 bits per heavy atom. The van der Waals surface area contributed by atoms with Gasteiger partial charge in [0, 0.05) is 17.7 Å². The molecule has 170 valence electrons. The topological polar surface area (TPSA) is 123 Å². The van der Waals surface area contributed by atoms with Crippen LogP contribution in [0.1, 0.15) is 28.5 Å². The number of amides is 1. The summed E-state index contributed by atoms with van der Waals surface area (Å²) in [5.41, 5.74) is 0.913. The van der Waals surface area contributed by atoms with Crippen LogP contribution in [-0.4, -0.2) is 51.0 Å². The maximum Gasteiger partial charge on any atom is 0.573 e. The molecule has 2 aliphatic heterocycles. The van der Waals surface area contributed by atoms with Crippen LogP contribution in [0.15, 0.2) is 36.5 Å². The number of aromatic nitrogens is 1. The number of ether oxygens (including phenoxy) is 2. The number of alkyl halides is 3. The normalized spacial score (nSPS) is 22.6. The van der Waals surface area contributed by atoms with Crippen molar-refractivity contribution in [3.8, 4) is 11.5 Å². The zero-order valence-electron chi connectivity index (χ0n) is 16.6. The average molecular weight is 469 g/mol. The van der Waals surface area contributed by atoms with Gasteiger partial charge in [0.2, 0.25) is 5.96 Å². The lowest BCUT2D eigenvalue weighted by Gasteiger charge is -2.38. The first kappa shape index (κ1) is 22.0. The second-order valence-electron chi connectivity index (χ2n) is 7.05. The van der Waals surface area contributed by atoms with Crippen molar-refractivity contribution in [1.29, 1.82) is 5.41 Å². The molecule has 3 atom stereocenters. The third-order valence-electron chi connectivity index (χ3n) is 4.97. The third-order valence-corrected chi connectivity index (χ3v) is 6.72. The number of pyridine rings is 1. The number of carbonyl (C=O) groups is 1. The molecular weight excluding hydrogens is 451 g/mol. The van der Waals surface area contributed by atoms with Crippen LogP contribution in [0, 0.1) is 5.41 Å². The molecule has 0 bridgehead atoms. The fourth-order valence-electron chi connectivity index (χ4n) is 3.48. The first-order valence-corrected chi connectivity index (χ1v) is 10.6. The molecule has 3 N–H and O–H groups in total. The Kier molecular flexibility index (Phi) is 5.77. The van der Waals surface area contributed by atoms with Crippen LogP contribution in [-0.2, 0) is 11.4 Å². The molecule has 2 aromatic rings. The Morgan fingerprint density at radius 1 is 1.41 bits per heavy atom. The zero-order valence-corrected chi connectivity index (χ0v) is 17.4. The van der Waals surface area contributed by atoms with Crippen molar-refractivity contribution in [1.82, 2.24) is 14.6 Å². The number of hydrogen-bond acceptors (Lipinski definition) is 6. The molecule has 1 aromatic carbocycles. The fourth-order valence-corrected chi connectivity index (χ4v) is 4.86. The van der Waals surface area contributed by atoms with E-state index < -0.39 is 35.4 Å². The lowest BCUT2D eigenvalue weighted by Crippen LogP contribution is -2.56. The molecule has 1 saturated heterocycles. The molecule has 32 heavy (non-hydrogen) atoms. The van der Waals surface area contributed by atoms with Gasteiger partial charge in [0.05, 0.1) is 31.2 Å². The highest BCUT2D eigenvalue weighted by Crippen LogP contribution is 2.39. The van der Waals surface area contributed by atoms with Crippen molar-refractivity contribution in [2.45, 2.75) is 24.1 Å². The maximum atomic E-state index is 12.7. The molecule has 0 spiro atoms. The Hall–Kier alpha value is -3.19. The number of rotatable bonds is 3. The van der Waals surface area contributed by atoms with E-state index in [9.17, 15) is 22.5 Å². The van der Waals surface area contributed by atoms with Gasteiger partial charge in [0.15, 0.2) is 5.25 Å². The van der Waals surface area contributed by atoms with Crippen LogP contribution in [0.5, 0.6) is 11.5 Å². The zero-order chi connectivity index (χ0) is 23.0. The maximum absolute atomic E-state index is 12.7. The van der Waals surface area contributed by atoms with E-state index >= 15 is 0 Å². The van der Waals surface area contributed by atoms with Crippen molar-refractivity contribution in [2.75, 3.05) is 19.0 Å². The standard InChI is InChI=1S/C19H18F3N5O4S/c1-27-18(23)26-16-12-8-10(2-5-14(12)30-7-6-15(16)32(27)29)25-17(28)13-4-3-11(9-24-13)31-19(20,21)22/h2-5,8-9,15-16H,6-7H2,1H3,(H2,23,26)(H,25,28)/t15?,16-,32?/m1/s1. The van der Waals surface area contributed by atoms with Crippen molar-refractivity contribution < 1.29 is 32.0 Å². The van der Waals surface area contributed by atoms with E-state index in [0.29, 0.717) is 30.0 Å². The van der Waals surface area contributed by atoms with Crippen LogP contribution >= 0.6 is 0 Å². The summed E-state index contributed by atoms with van der Waals surface area (Å²) in [5.74, 6) is -0.616. The van der Waals surface area contributed by atoms with Gasteiger partial charge in [-0.2, -0.15) is 4.31 Å². The van der Waals surface area contributed by atoms with Crippen LogP contribution in [0.2, 0.25) is 0 Å².